The van der Waals surface area contributed by atoms with Gasteiger partial charge in [-0.3, -0.25) is 19.3 Å². The van der Waals surface area contributed by atoms with Crippen molar-refractivity contribution in [2.24, 2.45) is 0 Å². The number of nitrogens with zero attached hydrogens (tertiary/aromatic N) is 1. The number of ether oxygens (including phenoxy) is 1. The zero-order chi connectivity index (χ0) is 21.7. The maximum atomic E-state index is 12.6. The molecular formula is C23H26N2O4S. The largest absolute Gasteiger partial charge is 0.466 e. The van der Waals surface area contributed by atoms with Crippen molar-refractivity contribution in [1.82, 2.24) is 0 Å². The van der Waals surface area contributed by atoms with Gasteiger partial charge < -0.3 is 10.1 Å². The van der Waals surface area contributed by atoms with Crippen molar-refractivity contribution in [3.05, 3.63) is 59.2 Å². The number of esters is 1. The highest BCUT2D eigenvalue weighted by atomic mass is 32.2. The van der Waals surface area contributed by atoms with E-state index in [-0.39, 0.29) is 36.0 Å². The number of carbonyl (C=O) groups is 3. The van der Waals surface area contributed by atoms with Crippen molar-refractivity contribution in [3.63, 3.8) is 0 Å². The van der Waals surface area contributed by atoms with E-state index in [1.165, 1.54) is 5.56 Å². The molecule has 6 nitrogen and oxygen atoms in total. The predicted molar refractivity (Wildman–Crippen MR) is 120 cm³/mol. The monoisotopic (exact) mass is 426 g/mol. The fraction of sp³-hybridized carbons (Fsp3) is 0.348. The number of thioether (sulfide) groups is 1. The molecule has 1 fully saturated rings. The van der Waals surface area contributed by atoms with Gasteiger partial charge >= 0.3 is 5.97 Å². The maximum absolute atomic E-state index is 12.6. The Balaban J connectivity index is 1.67. The molecule has 0 aliphatic carbocycles. The van der Waals surface area contributed by atoms with Gasteiger partial charge in [0, 0.05) is 17.8 Å². The van der Waals surface area contributed by atoms with Gasteiger partial charge in [-0.2, -0.15) is 0 Å². The van der Waals surface area contributed by atoms with E-state index >= 15 is 0 Å². The first kappa shape index (κ1) is 21.9. The summed E-state index contributed by atoms with van der Waals surface area (Å²) in [5.41, 5.74) is 4.89. The summed E-state index contributed by atoms with van der Waals surface area (Å²) in [4.78, 5) is 37.8. The van der Waals surface area contributed by atoms with Gasteiger partial charge in [-0.1, -0.05) is 18.2 Å². The van der Waals surface area contributed by atoms with Crippen molar-refractivity contribution in [1.29, 1.82) is 0 Å². The highest BCUT2D eigenvalue weighted by Crippen LogP contribution is 2.42. The average molecular weight is 427 g/mol. The molecule has 1 saturated heterocycles. The fourth-order valence-electron chi connectivity index (χ4n) is 3.23. The standard InChI is InChI=1S/C23H26N2O4S/c1-4-29-22(28)12-11-20(26)24-18-8-6-17(7-9-18)23-25(21(27)14-30-23)19-10-5-15(2)16(3)13-19/h5-10,13,23H,4,11-12,14H2,1-3H3,(H,24,26)/t23-/m1/s1. The fourth-order valence-corrected chi connectivity index (χ4v) is 4.41. The molecule has 1 aliphatic rings. The molecule has 1 heterocycles. The Hall–Kier alpha value is -2.80. The number of amides is 2. The van der Waals surface area contributed by atoms with Gasteiger partial charge in [-0.15, -0.1) is 11.8 Å². The zero-order valence-electron chi connectivity index (χ0n) is 17.4. The summed E-state index contributed by atoms with van der Waals surface area (Å²) in [6.07, 6.45) is 0.137. The second-order valence-electron chi connectivity index (χ2n) is 7.17. The summed E-state index contributed by atoms with van der Waals surface area (Å²) in [6, 6.07) is 13.5. The van der Waals surface area contributed by atoms with Crippen LogP contribution in [0.25, 0.3) is 0 Å². The minimum Gasteiger partial charge on any atom is -0.466 e. The van der Waals surface area contributed by atoms with E-state index in [1.807, 2.05) is 54.3 Å². The second-order valence-corrected chi connectivity index (χ2v) is 8.24. The molecule has 1 atom stereocenters. The van der Waals surface area contributed by atoms with Crippen molar-refractivity contribution in [3.8, 4) is 0 Å². The third-order valence-electron chi connectivity index (χ3n) is 4.98. The zero-order valence-corrected chi connectivity index (χ0v) is 18.3. The molecular weight excluding hydrogens is 400 g/mol. The van der Waals surface area contributed by atoms with Gasteiger partial charge in [0.2, 0.25) is 11.8 Å². The highest BCUT2D eigenvalue weighted by Gasteiger charge is 2.34. The third-order valence-corrected chi connectivity index (χ3v) is 6.19. The minimum atomic E-state index is -0.377. The first-order valence-electron chi connectivity index (χ1n) is 9.95. The van der Waals surface area contributed by atoms with E-state index in [0.29, 0.717) is 18.0 Å². The summed E-state index contributed by atoms with van der Waals surface area (Å²) in [5, 5.41) is 2.68. The molecule has 30 heavy (non-hydrogen) atoms. The molecule has 7 heteroatoms. The molecule has 158 valence electrons. The number of benzene rings is 2. The molecule has 0 saturated carbocycles. The van der Waals surface area contributed by atoms with E-state index in [2.05, 4.69) is 12.2 Å². The lowest BCUT2D eigenvalue weighted by molar-refractivity contribution is -0.144. The van der Waals surface area contributed by atoms with Crippen molar-refractivity contribution in [2.75, 3.05) is 22.6 Å². The Morgan fingerprint density at radius 3 is 2.50 bits per heavy atom. The van der Waals surface area contributed by atoms with E-state index in [4.69, 9.17) is 4.74 Å². The van der Waals surface area contributed by atoms with Gasteiger partial charge in [-0.05, 0) is 61.7 Å². The molecule has 3 rings (SSSR count). The number of hydrogen-bond donors (Lipinski definition) is 1. The van der Waals surface area contributed by atoms with Gasteiger partial charge in [0.1, 0.15) is 5.37 Å². The Morgan fingerprint density at radius 2 is 1.83 bits per heavy atom. The van der Waals surface area contributed by atoms with E-state index in [1.54, 1.807) is 18.7 Å². The van der Waals surface area contributed by atoms with Crippen LogP contribution >= 0.6 is 11.8 Å². The van der Waals surface area contributed by atoms with Crippen LogP contribution in [0.1, 0.15) is 41.8 Å². The predicted octanol–water partition coefficient (Wildman–Crippen LogP) is 4.36. The number of nitrogens with one attached hydrogen (secondary N) is 1. The molecule has 0 unspecified atom stereocenters. The topological polar surface area (TPSA) is 75.7 Å². The van der Waals surface area contributed by atoms with Crippen LogP contribution < -0.4 is 10.2 Å². The van der Waals surface area contributed by atoms with Crippen LogP contribution in [0.4, 0.5) is 11.4 Å². The highest BCUT2D eigenvalue weighted by molar-refractivity contribution is 8.00. The maximum Gasteiger partial charge on any atom is 0.306 e. The summed E-state index contributed by atoms with van der Waals surface area (Å²) in [7, 11) is 0. The second kappa shape index (κ2) is 9.80. The molecule has 2 amide bonds. The van der Waals surface area contributed by atoms with E-state index in [9.17, 15) is 14.4 Å². The van der Waals surface area contributed by atoms with Crippen molar-refractivity contribution >= 4 is 40.9 Å². The van der Waals surface area contributed by atoms with Crippen LogP contribution in [0.5, 0.6) is 0 Å². The van der Waals surface area contributed by atoms with Crippen LogP contribution in [-0.4, -0.2) is 30.1 Å². The van der Waals surface area contributed by atoms with Crippen LogP contribution in [0.15, 0.2) is 42.5 Å². The lowest BCUT2D eigenvalue weighted by atomic mass is 10.1. The van der Waals surface area contributed by atoms with Gasteiger partial charge in [0.05, 0.1) is 18.8 Å². The van der Waals surface area contributed by atoms with Crippen molar-refractivity contribution in [2.45, 2.75) is 39.0 Å². The summed E-state index contributed by atoms with van der Waals surface area (Å²) < 4.78 is 4.83. The van der Waals surface area contributed by atoms with Crippen LogP contribution in [0.3, 0.4) is 0 Å². The van der Waals surface area contributed by atoms with Crippen LogP contribution in [0.2, 0.25) is 0 Å². The lowest BCUT2D eigenvalue weighted by Gasteiger charge is -2.25. The van der Waals surface area contributed by atoms with Crippen LogP contribution in [0, 0.1) is 13.8 Å². The quantitative estimate of drug-likeness (QED) is 0.666. The minimum absolute atomic E-state index is 0.0590. The normalized spacial score (nSPS) is 15.9. The number of aryl methyl sites for hydroxylation is 2. The Bertz CT molecular complexity index is 943. The van der Waals surface area contributed by atoms with Gasteiger partial charge in [-0.25, -0.2) is 0 Å². The van der Waals surface area contributed by atoms with Gasteiger partial charge in [0.25, 0.3) is 0 Å². The van der Waals surface area contributed by atoms with Crippen molar-refractivity contribution < 1.29 is 19.1 Å². The lowest BCUT2D eigenvalue weighted by Crippen LogP contribution is -2.27. The molecule has 0 spiro atoms. The Kier molecular flexibility index (Phi) is 7.15. The smallest absolute Gasteiger partial charge is 0.306 e. The molecule has 0 bridgehead atoms. The van der Waals surface area contributed by atoms with E-state index in [0.717, 1.165) is 16.8 Å². The molecule has 2 aromatic rings. The molecule has 0 aromatic heterocycles. The number of rotatable bonds is 7. The van der Waals surface area contributed by atoms with Crippen LogP contribution in [-0.2, 0) is 19.1 Å². The van der Waals surface area contributed by atoms with Gasteiger partial charge in [0.15, 0.2) is 0 Å². The SMILES string of the molecule is CCOC(=O)CCC(=O)Nc1ccc([C@H]2SCC(=O)N2c2ccc(C)c(C)c2)cc1. The van der Waals surface area contributed by atoms with E-state index < -0.39 is 0 Å². The first-order valence-corrected chi connectivity index (χ1v) is 11.0. The summed E-state index contributed by atoms with van der Waals surface area (Å²) in [5.74, 6) is -0.0934. The molecule has 2 aromatic carbocycles. The average Bonchev–Trinajstić information content (AvgIpc) is 3.11. The summed E-state index contributed by atoms with van der Waals surface area (Å²) >= 11 is 1.59. The number of carbonyl (C=O) groups excluding carboxylic acids is 3. The number of hydrogen-bond acceptors (Lipinski definition) is 5. The number of anilines is 2. The third kappa shape index (κ3) is 5.21. The molecule has 0 radical (unpaired) electrons. The molecule has 1 aliphatic heterocycles. The summed E-state index contributed by atoms with van der Waals surface area (Å²) in [6.45, 7) is 6.14. The first-order chi connectivity index (χ1) is 14.4. The Labute approximate surface area is 181 Å². The molecule has 1 N–H and O–H groups in total. The Morgan fingerprint density at radius 1 is 1.10 bits per heavy atom.